The zero-order chi connectivity index (χ0) is 8.10. The van der Waals surface area contributed by atoms with Crippen LogP contribution in [0.3, 0.4) is 0 Å². The highest BCUT2D eigenvalue weighted by Crippen LogP contribution is 2.07. The van der Waals surface area contributed by atoms with Crippen LogP contribution in [0.5, 0.6) is 0 Å². The van der Waals surface area contributed by atoms with Crippen molar-refractivity contribution in [2.24, 2.45) is 0 Å². The van der Waals surface area contributed by atoms with E-state index in [4.69, 9.17) is 4.84 Å². The van der Waals surface area contributed by atoms with Gasteiger partial charge in [0.2, 0.25) is 0 Å². The van der Waals surface area contributed by atoms with Crippen molar-refractivity contribution in [3.63, 3.8) is 0 Å². The van der Waals surface area contributed by atoms with E-state index in [-0.39, 0.29) is 0 Å². The van der Waals surface area contributed by atoms with Gasteiger partial charge in [0.25, 0.3) is 0 Å². The second-order valence-corrected chi connectivity index (χ2v) is 2.80. The highest BCUT2D eigenvalue weighted by atomic mass is 16.7. The van der Waals surface area contributed by atoms with E-state index in [1.54, 1.807) is 0 Å². The van der Waals surface area contributed by atoms with Crippen molar-refractivity contribution in [1.29, 1.82) is 0 Å². The van der Waals surface area contributed by atoms with Crippen molar-refractivity contribution in [2.75, 3.05) is 26.2 Å². The normalized spacial score (nSPS) is 24.8. The topological polar surface area (TPSA) is 24.5 Å². The Morgan fingerprint density at radius 1 is 1.55 bits per heavy atom. The Kier molecular flexibility index (Phi) is 3.83. The summed E-state index contributed by atoms with van der Waals surface area (Å²) in [6.45, 7) is 8.14. The molecule has 1 rings (SSSR count). The molecule has 1 aliphatic heterocycles. The summed E-state index contributed by atoms with van der Waals surface area (Å²) in [5.41, 5.74) is 0. The van der Waals surface area contributed by atoms with E-state index in [2.05, 4.69) is 17.3 Å². The van der Waals surface area contributed by atoms with E-state index >= 15 is 0 Å². The quantitative estimate of drug-likeness (QED) is 0.607. The smallest absolute Gasteiger partial charge is 0.0657 e. The number of likely N-dealkylation sites (N-methyl/N-ethyl adjacent to an activating group) is 1. The zero-order valence-corrected chi connectivity index (χ0v) is 7.47. The molecule has 0 amide bonds. The Balaban J connectivity index is 2.27. The summed E-state index contributed by atoms with van der Waals surface area (Å²) in [6.07, 6.45) is 1.22. The molecule has 0 aromatic rings. The molecule has 0 bridgehead atoms. The third kappa shape index (κ3) is 2.43. The van der Waals surface area contributed by atoms with Crippen LogP contribution in [0.2, 0.25) is 0 Å². The minimum atomic E-state index is 0.597. The number of hydrogen-bond donors (Lipinski definition) is 1. The van der Waals surface area contributed by atoms with Crippen LogP contribution in [0.1, 0.15) is 20.3 Å². The molecular formula is C8H18N2O. The lowest BCUT2D eigenvalue weighted by Crippen LogP contribution is -2.36. The first-order chi connectivity index (χ1) is 5.38. The zero-order valence-electron chi connectivity index (χ0n) is 7.47. The highest BCUT2D eigenvalue weighted by molar-refractivity contribution is 4.76. The molecule has 1 unspecified atom stereocenters. The predicted molar refractivity (Wildman–Crippen MR) is 45.3 cm³/mol. The van der Waals surface area contributed by atoms with Gasteiger partial charge in [-0.25, -0.2) is 0 Å². The molecule has 1 N–H and O–H groups in total. The average molecular weight is 158 g/mol. The van der Waals surface area contributed by atoms with Gasteiger partial charge in [0, 0.05) is 19.1 Å². The van der Waals surface area contributed by atoms with Crippen molar-refractivity contribution >= 4 is 0 Å². The third-order valence-electron chi connectivity index (χ3n) is 2.05. The first-order valence-electron chi connectivity index (χ1n) is 4.48. The minimum absolute atomic E-state index is 0.597. The molecule has 1 saturated heterocycles. The highest BCUT2D eigenvalue weighted by Gasteiger charge is 2.20. The molecule has 11 heavy (non-hydrogen) atoms. The summed E-state index contributed by atoms with van der Waals surface area (Å²) in [5, 5.41) is 5.41. The molecule has 66 valence electrons. The van der Waals surface area contributed by atoms with Crippen LogP contribution >= 0.6 is 0 Å². The summed E-state index contributed by atoms with van der Waals surface area (Å²) >= 11 is 0. The van der Waals surface area contributed by atoms with Gasteiger partial charge in [-0.05, 0) is 19.9 Å². The van der Waals surface area contributed by atoms with Crippen molar-refractivity contribution in [2.45, 2.75) is 26.3 Å². The average Bonchev–Trinajstić information content (AvgIpc) is 2.52. The largest absolute Gasteiger partial charge is 0.315 e. The molecule has 1 heterocycles. The molecule has 3 nitrogen and oxygen atoms in total. The maximum atomic E-state index is 5.47. The monoisotopic (exact) mass is 158 g/mol. The first-order valence-corrected chi connectivity index (χ1v) is 4.48. The Morgan fingerprint density at radius 2 is 2.36 bits per heavy atom. The van der Waals surface area contributed by atoms with Gasteiger partial charge in [0.15, 0.2) is 0 Å². The van der Waals surface area contributed by atoms with Crippen LogP contribution in [0, 0.1) is 0 Å². The molecule has 1 aliphatic rings. The van der Waals surface area contributed by atoms with Gasteiger partial charge in [-0.3, -0.25) is 4.84 Å². The maximum absolute atomic E-state index is 5.47. The second-order valence-electron chi connectivity index (χ2n) is 2.80. The second kappa shape index (κ2) is 4.70. The Morgan fingerprint density at radius 3 is 2.82 bits per heavy atom. The van der Waals surface area contributed by atoms with E-state index < -0.39 is 0 Å². The fraction of sp³-hybridized carbons (Fsp3) is 1.00. The van der Waals surface area contributed by atoms with Crippen LogP contribution in [0.4, 0.5) is 0 Å². The lowest BCUT2D eigenvalue weighted by Gasteiger charge is -2.25. The van der Waals surface area contributed by atoms with E-state index in [1.807, 2.05) is 6.92 Å². The summed E-state index contributed by atoms with van der Waals surface area (Å²) < 4.78 is 0. The van der Waals surface area contributed by atoms with E-state index in [0.29, 0.717) is 6.04 Å². The summed E-state index contributed by atoms with van der Waals surface area (Å²) in [7, 11) is 0. The van der Waals surface area contributed by atoms with Crippen molar-refractivity contribution in [3.05, 3.63) is 0 Å². The third-order valence-corrected chi connectivity index (χ3v) is 2.05. The van der Waals surface area contributed by atoms with E-state index in [9.17, 15) is 0 Å². The van der Waals surface area contributed by atoms with Crippen LogP contribution < -0.4 is 5.32 Å². The lowest BCUT2D eigenvalue weighted by atomic mass is 10.2. The standard InChI is InChI=1S/C8H18N2O/c1-3-10(11-4-2)8-5-6-9-7-8/h8-9H,3-7H2,1-2H3. The molecule has 0 aliphatic carbocycles. The number of nitrogens with zero attached hydrogens (tertiary/aromatic N) is 1. The SMILES string of the molecule is CCON(CC)C1CCNC1. The first kappa shape index (κ1) is 8.97. The van der Waals surface area contributed by atoms with Crippen molar-refractivity contribution in [1.82, 2.24) is 10.4 Å². The van der Waals surface area contributed by atoms with Gasteiger partial charge in [0.1, 0.15) is 0 Å². The van der Waals surface area contributed by atoms with E-state index in [1.165, 1.54) is 6.42 Å². The molecule has 0 spiro atoms. The molecule has 1 fully saturated rings. The molecule has 0 aromatic heterocycles. The van der Waals surface area contributed by atoms with Crippen LogP contribution in [-0.4, -0.2) is 37.3 Å². The van der Waals surface area contributed by atoms with Crippen LogP contribution in [0.25, 0.3) is 0 Å². The van der Waals surface area contributed by atoms with Gasteiger partial charge < -0.3 is 5.32 Å². The van der Waals surface area contributed by atoms with Crippen molar-refractivity contribution < 1.29 is 4.84 Å². The minimum Gasteiger partial charge on any atom is -0.315 e. The van der Waals surface area contributed by atoms with Gasteiger partial charge in [0.05, 0.1) is 6.61 Å². The van der Waals surface area contributed by atoms with Crippen molar-refractivity contribution in [3.8, 4) is 0 Å². The molecule has 0 saturated carbocycles. The van der Waals surface area contributed by atoms with Crippen LogP contribution in [0.15, 0.2) is 0 Å². The number of hydroxylamine groups is 2. The fourth-order valence-corrected chi connectivity index (χ4v) is 1.51. The summed E-state index contributed by atoms with van der Waals surface area (Å²) in [6, 6.07) is 0.597. The number of hydrogen-bond acceptors (Lipinski definition) is 3. The van der Waals surface area contributed by atoms with Gasteiger partial charge >= 0.3 is 0 Å². The molecule has 0 radical (unpaired) electrons. The van der Waals surface area contributed by atoms with Gasteiger partial charge in [-0.1, -0.05) is 6.92 Å². The Hall–Kier alpha value is -0.120. The fourth-order valence-electron chi connectivity index (χ4n) is 1.51. The van der Waals surface area contributed by atoms with Gasteiger partial charge in [-0.2, -0.15) is 5.06 Å². The summed E-state index contributed by atoms with van der Waals surface area (Å²) in [4.78, 5) is 5.47. The number of rotatable bonds is 4. The van der Waals surface area contributed by atoms with Crippen LogP contribution in [-0.2, 0) is 4.84 Å². The Bertz CT molecular complexity index is 102. The van der Waals surface area contributed by atoms with E-state index in [0.717, 1.165) is 26.2 Å². The summed E-state index contributed by atoms with van der Waals surface area (Å²) in [5.74, 6) is 0. The van der Waals surface area contributed by atoms with Gasteiger partial charge in [-0.15, -0.1) is 0 Å². The molecule has 3 heteroatoms. The maximum Gasteiger partial charge on any atom is 0.0657 e. The predicted octanol–water partition coefficient (Wildman–Crippen LogP) is 0.622. The lowest BCUT2D eigenvalue weighted by molar-refractivity contribution is -0.175. The Labute approximate surface area is 68.7 Å². The molecule has 0 aromatic carbocycles. The molecular weight excluding hydrogens is 140 g/mol. The number of nitrogens with one attached hydrogen (secondary N) is 1. The molecule has 1 atom stereocenters.